The van der Waals surface area contributed by atoms with Crippen molar-refractivity contribution in [3.8, 4) is 0 Å². The van der Waals surface area contributed by atoms with Crippen LogP contribution in [0, 0.1) is 16.0 Å². The van der Waals surface area contributed by atoms with Crippen molar-refractivity contribution in [2.75, 3.05) is 5.75 Å². The molecular weight excluding hydrogens is 244 g/mol. The molecule has 0 amide bonds. The molecule has 0 aromatic carbocycles. The van der Waals surface area contributed by atoms with Gasteiger partial charge in [-0.1, -0.05) is 13.8 Å². The van der Waals surface area contributed by atoms with Gasteiger partial charge in [0.25, 0.3) is 5.69 Å². The molecule has 0 aliphatic carbocycles. The van der Waals surface area contributed by atoms with E-state index < -0.39 is 10.9 Å². The van der Waals surface area contributed by atoms with Crippen LogP contribution in [0.3, 0.4) is 0 Å². The number of hydrogen-bond donors (Lipinski definition) is 1. The van der Waals surface area contributed by atoms with E-state index in [0.717, 1.165) is 12.3 Å². The second-order valence-electron chi connectivity index (χ2n) is 3.81. The number of aromatic nitrogens is 1. The number of hydrogen-bond acceptors (Lipinski definition) is 5. The van der Waals surface area contributed by atoms with Crippen LogP contribution in [0.1, 0.15) is 24.2 Å². The van der Waals surface area contributed by atoms with Crippen LogP contribution in [0.5, 0.6) is 0 Å². The zero-order valence-electron chi connectivity index (χ0n) is 9.41. The molecule has 1 aromatic heterocycles. The molecule has 0 aliphatic heterocycles. The largest absolute Gasteiger partial charge is 0.478 e. The van der Waals surface area contributed by atoms with Gasteiger partial charge in [-0.25, -0.2) is 9.78 Å². The van der Waals surface area contributed by atoms with Crippen molar-refractivity contribution >= 4 is 23.4 Å². The van der Waals surface area contributed by atoms with E-state index in [1.54, 1.807) is 0 Å². The Kier molecular flexibility index (Phi) is 4.45. The van der Waals surface area contributed by atoms with Gasteiger partial charge in [0, 0.05) is 11.8 Å². The number of carbonyl (C=O) groups is 1. The lowest BCUT2D eigenvalue weighted by atomic mass is 10.3. The summed E-state index contributed by atoms with van der Waals surface area (Å²) in [5.41, 5.74) is -0.429. The van der Waals surface area contributed by atoms with Crippen LogP contribution in [0.4, 0.5) is 5.69 Å². The molecule has 92 valence electrons. The predicted molar refractivity (Wildman–Crippen MR) is 63.4 cm³/mol. The van der Waals surface area contributed by atoms with Gasteiger partial charge < -0.3 is 5.11 Å². The van der Waals surface area contributed by atoms with Crippen LogP contribution in [-0.4, -0.2) is 26.7 Å². The van der Waals surface area contributed by atoms with Crippen LogP contribution in [0.2, 0.25) is 0 Å². The topological polar surface area (TPSA) is 93.3 Å². The molecule has 1 heterocycles. The lowest BCUT2D eigenvalue weighted by Gasteiger charge is -2.06. The zero-order chi connectivity index (χ0) is 13.0. The molecule has 1 rings (SSSR count). The van der Waals surface area contributed by atoms with E-state index in [0.29, 0.717) is 16.7 Å². The van der Waals surface area contributed by atoms with Gasteiger partial charge in [0.05, 0.1) is 10.5 Å². The molecule has 7 heteroatoms. The fourth-order valence-corrected chi connectivity index (χ4v) is 1.98. The molecule has 0 saturated carbocycles. The van der Waals surface area contributed by atoms with Gasteiger partial charge in [-0.05, 0) is 5.92 Å². The second-order valence-corrected chi connectivity index (χ2v) is 4.82. The lowest BCUT2D eigenvalue weighted by molar-refractivity contribution is -0.385. The first-order valence-electron chi connectivity index (χ1n) is 4.92. The first-order valence-corrected chi connectivity index (χ1v) is 5.91. The summed E-state index contributed by atoms with van der Waals surface area (Å²) in [4.78, 5) is 24.7. The Morgan fingerprint density at radius 3 is 2.76 bits per heavy atom. The summed E-state index contributed by atoms with van der Waals surface area (Å²) >= 11 is 1.29. The number of nitro groups is 1. The summed E-state index contributed by atoms with van der Waals surface area (Å²) in [7, 11) is 0. The minimum atomic E-state index is -1.20. The van der Waals surface area contributed by atoms with Crippen molar-refractivity contribution in [1.29, 1.82) is 0 Å². The third-order valence-electron chi connectivity index (χ3n) is 1.83. The Balaban J connectivity index is 3.04. The molecule has 0 aliphatic rings. The highest BCUT2D eigenvalue weighted by Crippen LogP contribution is 2.25. The van der Waals surface area contributed by atoms with Gasteiger partial charge >= 0.3 is 5.97 Å². The van der Waals surface area contributed by atoms with Crippen molar-refractivity contribution in [2.45, 2.75) is 18.9 Å². The molecular formula is C10H12N2O4S. The summed E-state index contributed by atoms with van der Waals surface area (Å²) in [5.74, 6) is -0.100. The molecule has 0 radical (unpaired) electrons. The SMILES string of the molecule is CC(C)CSc1ncc([N+](=O)[O-])cc1C(=O)O. The molecule has 0 unspecified atom stereocenters. The number of thioether (sulfide) groups is 1. The van der Waals surface area contributed by atoms with Crippen LogP contribution >= 0.6 is 11.8 Å². The summed E-state index contributed by atoms with van der Waals surface area (Å²) in [6.45, 7) is 4.00. The van der Waals surface area contributed by atoms with Gasteiger partial charge in [-0.3, -0.25) is 10.1 Å². The van der Waals surface area contributed by atoms with E-state index in [-0.39, 0.29) is 11.3 Å². The minimum absolute atomic E-state index is 0.121. The molecule has 0 bridgehead atoms. The second kappa shape index (κ2) is 5.62. The van der Waals surface area contributed by atoms with E-state index in [2.05, 4.69) is 4.98 Å². The molecule has 17 heavy (non-hydrogen) atoms. The van der Waals surface area contributed by atoms with Crippen LogP contribution in [0.15, 0.2) is 17.3 Å². The highest BCUT2D eigenvalue weighted by Gasteiger charge is 2.17. The summed E-state index contributed by atoms with van der Waals surface area (Å²) < 4.78 is 0. The van der Waals surface area contributed by atoms with E-state index in [1.165, 1.54) is 11.8 Å². The van der Waals surface area contributed by atoms with Gasteiger partial charge in [-0.15, -0.1) is 11.8 Å². The Hall–Kier alpha value is -1.63. The van der Waals surface area contributed by atoms with Crippen molar-refractivity contribution in [1.82, 2.24) is 4.98 Å². The number of pyridine rings is 1. The van der Waals surface area contributed by atoms with E-state index in [9.17, 15) is 14.9 Å². The highest BCUT2D eigenvalue weighted by atomic mass is 32.2. The number of carboxylic acid groups (broad SMARTS) is 1. The molecule has 0 fully saturated rings. The average molecular weight is 256 g/mol. The smallest absolute Gasteiger partial charge is 0.338 e. The standard InChI is InChI=1S/C10H12N2O4S/c1-6(2)5-17-9-8(10(13)14)3-7(4-11-9)12(15)16/h3-4,6H,5H2,1-2H3,(H,13,14). The maximum Gasteiger partial charge on any atom is 0.338 e. The number of carboxylic acids is 1. The first kappa shape index (κ1) is 13.4. The average Bonchev–Trinajstić information content (AvgIpc) is 2.25. The fourth-order valence-electron chi connectivity index (χ4n) is 1.05. The monoisotopic (exact) mass is 256 g/mol. The molecule has 1 N–H and O–H groups in total. The zero-order valence-corrected chi connectivity index (χ0v) is 10.2. The Morgan fingerprint density at radius 2 is 2.29 bits per heavy atom. The van der Waals surface area contributed by atoms with E-state index in [4.69, 9.17) is 5.11 Å². The highest BCUT2D eigenvalue weighted by molar-refractivity contribution is 7.99. The quantitative estimate of drug-likeness (QED) is 0.494. The van der Waals surface area contributed by atoms with Gasteiger partial charge in [0.2, 0.25) is 0 Å². The van der Waals surface area contributed by atoms with E-state index in [1.807, 2.05) is 13.8 Å². The Bertz CT molecular complexity index is 448. The van der Waals surface area contributed by atoms with Crippen LogP contribution < -0.4 is 0 Å². The Morgan fingerprint density at radius 1 is 1.65 bits per heavy atom. The summed E-state index contributed by atoms with van der Waals surface area (Å²) in [6, 6.07) is 1.04. The Labute approximate surface area is 102 Å². The van der Waals surface area contributed by atoms with Gasteiger partial charge in [0.1, 0.15) is 11.2 Å². The van der Waals surface area contributed by atoms with Crippen LogP contribution in [0.25, 0.3) is 0 Å². The van der Waals surface area contributed by atoms with Crippen molar-refractivity contribution in [2.24, 2.45) is 5.92 Å². The molecule has 0 atom stereocenters. The molecule has 0 saturated heterocycles. The summed E-state index contributed by atoms with van der Waals surface area (Å²) in [5, 5.41) is 19.8. The van der Waals surface area contributed by atoms with Crippen molar-refractivity contribution in [3.63, 3.8) is 0 Å². The minimum Gasteiger partial charge on any atom is -0.478 e. The first-order chi connectivity index (χ1) is 7.91. The molecule has 6 nitrogen and oxygen atoms in total. The predicted octanol–water partition coefficient (Wildman–Crippen LogP) is 2.44. The van der Waals surface area contributed by atoms with Gasteiger partial charge in [0.15, 0.2) is 0 Å². The maximum atomic E-state index is 11.0. The summed E-state index contributed by atoms with van der Waals surface area (Å²) in [6.07, 6.45) is 1.08. The fraction of sp³-hybridized carbons (Fsp3) is 0.400. The van der Waals surface area contributed by atoms with Crippen molar-refractivity contribution in [3.05, 3.63) is 27.9 Å². The number of rotatable bonds is 5. The third-order valence-corrected chi connectivity index (χ3v) is 3.26. The maximum absolute atomic E-state index is 11.0. The normalized spacial score (nSPS) is 10.5. The van der Waals surface area contributed by atoms with Crippen LogP contribution in [-0.2, 0) is 0 Å². The van der Waals surface area contributed by atoms with Gasteiger partial charge in [-0.2, -0.15) is 0 Å². The van der Waals surface area contributed by atoms with Crippen molar-refractivity contribution < 1.29 is 14.8 Å². The lowest BCUT2D eigenvalue weighted by Crippen LogP contribution is -2.04. The third kappa shape index (κ3) is 3.70. The molecule has 0 spiro atoms. The molecule has 1 aromatic rings. The number of aromatic carboxylic acids is 1. The van der Waals surface area contributed by atoms with E-state index >= 15 is 0 Å². The number of nitrogens with zero attached hydrogens (tertiary/aromatic N) is 2.